The minimum absolute atomic E-state index is 0.0204. The molecular formula is C79H123F5N12O13. The van der Waals surface area contributed by atoms with E-state index in [9.17, 15) is 32.7 Å². The third-order valence-electron chi connectivity index (χ3n) is 25.6. The zero-order valence-electron chi connectivity index (χ0n) is 66.1. The summed E-state index contributed by atoms with van der Waals surface area (Å²) in [6.45, 7) is 8.61. The molecule has 109 heavy (non-hydrogen) atoms. The van der Waals surface area contributed by atoms with E-state index in [0.29, 0.717) is 90.1 Å². The highest BCUT2D eigenvalue weighted by atomic mass is 19.4. The van der Waals surface area contributed by atoms with Gasteiger partial charge in [0.1, 0.15) is 66.3 Å². The Labute approximate surface area is 640 Å². The number of ether oxygens (including phenoxy) is 1. The molecule has 0 aromatic heterocycles. The first-order valence-electron chi connectivity index (χ1n) is 40.3. The van der Waals surface area contributed by atoms with E-state index in [-0.39, 0.29) is 88.8 Å². The van der Waals surface area contributed by atoms with Crippen LogP contribution in [0.4, 0.5) is 22.0 Å². The fourth-order valence-electron chi connectivity index (χ4n) is 19.2. The Balaban J connectivity index is 1.16. The summed E-state index contributed by atoms with van der Waals surface area (Å²) in [6, 6.07) is -10.2. The van der Waals surface area contributed by atoms with E-state index in [2.05, 4.69) is 22.0 Å². The first kappa shape index (κ1) is 86.2. The van der Waals surface area contributed by atoms with Crippen molar-refractivity contribution in [3.63, 3.8) is 0 Å². The molecule has 6 bridgehead atoms. The number of likely N-dealkylation sites (tertiary alicyclic amines) is 1. The molecule has 4 N–H and O–H groups in total. The predicted octanol–water partition coefficient (Wildman–Crippen LogP) is 6.44. The number of carbonyl (C=O) groups excluding carboxylic acids is 11. The van der Waals surface area contributed by atoms with Crippen molar-refractivity contribution in [2.45, 2.75) is 280 Å². The largest absolute Gasteiger partial charge is 0.397 e. The first-order valence-corrected chi connectivity index (χ1v) is 40.3. The number of aliphatic hydroxyl groups is 1. The first-order chi connectivity index (χ1) is 51.5. The van der Waals surface area contributed by atoms with Gasteiger partial charge in [-0.05, 0) is 177 Å². The molecule has 2 saturated heterocycles. The van der Waals surface area contributed by atoms with Crippen molar-refractivity contribution in [1.29, 1.82) is 0 Å². The standard InChI is InChI=1S/C79H123F5N12O13/c1-12-48(3)66-74(106)89(7)45-64(99)91(9)58-28-18-15-21-37-95(73(58)105)61-40-50-31-29-49(30-32-50)24-16-14-17-27-57(68(100)86-66)90(8)63(98)42-60(72(104)94-35-22-23-36-94)92(10)75(107)67(52-25-19-20-26-52)93(11)76(108)78(46-77(4,5)47-78)87-69(101)59-41-53(109-13-2)43-96(59)70(102)56(85-62(97)44-88(6)71(61)103)34-33-51-38-54(80)65(55(81)39-51)79(82,83)84/h15-16,18,24,48-61,65-67,75,107H,12-14,17,19-23,25-47H2,1-11H3,(H,85,97)(H,86,100)(H,87,101)/b18-15-,24-16+/t48-,49?,50?,51?,53+,54?,55?,56-,57-,58-,59-,60-,61-,65?,66-,67-,75?/m0/s1. The van der Waals surface area contributed by atoms with Crippen LogP contribution in [-0.4, -0.2) is 287 Å². The lowest BCUT2D eigenvalue weighted by Gasteiger charge is -2.55. The lowest BCUT2D eigenvalue weighted by molar-refractivity contribution is -0.219. The van der Waals surface area contributed by atoms with Crippen molar-refractivity contribution in [2.24, 2.45) is 40.9 Å². The number of aliphatic hydroxyl groups excluding tert-OH is 1. The fraction of sp³-hybridized carbons (Fsp3) is 0.810. The van der Waals surface area contributed by atoms with Crippen LogP contribution in [-0.2, 0) is 57.5 Å². The Morgan fingerprint density at radius 1 is 0.651 bits per heavy atom. The summed E-state index contributed by atoms with van der Waals surface area (Å²) in [4.78, 5) is 181. The van der Waals surface area contributed by atoms with E-state index in [4.69, 9.17) is 4.74 Å². The maximum Gasteiger partial charge on any atom is 0.397 e. The molecule has 11 rings (SSSR count). The van der Waals surface area contributed by atoms with Gasteiger partial charge < -0.3 is 65.0 Å². The third kappa shape index (κ3) is 20.5. The zero-order chi connectivity index (χ0) is 79.7. The maximum atomic E-state index is 16.0. The quantitative estimate of drug-likeness (QED) is 0.110. The van der Waals surface area contributed by atoms with E-state index in [1.807, 2.05) is 32.9 Å². The number of alkyl halides is 5. The molecule has 7 heterocycles. The van der Waals surface area contributed by atoms with E-state index in [0.717, 1.165) is 17.7 Å². The van der Waals surface area contributed by atoms with Gasteiger partial charge in [0.2, 0.25) is 65.0 Å². The van der Waals surface area contributed by atoms with Crippen LogP contribution in [0.1, 0.15) is 195 Å². The highest BCUT2D eigenvalue weighted by Crippen LogP contribution is 2.50. The van der Waals surface area contributed by atoms with Crippen LogP contribution in [0.2, 0.25) is 0 Å². The van der Waals surface area contributed by atoms with Gasteiger partial charge in [-0.2, -0.15) is 13.2 Å². The van der Waals surface area contributed by atoms with Gasteiger partial charge >= 0.3 is 6.18 Å². The average molecular weight is 1540 g/mol. The van der Waals surface area contributed by atoms with Crippen LogP contribution in [0.3, 0.4) is 0 Å². The van der Waals surface area contributed by atoms with Crippen molar-refractivity contribution in [3.05, 3.63) is 24.3 Å². The van der Waals surface area contributed by atoms with Gasteiger partial charge in [-0.15, -0.1) is 0 Å². The minimum atomic E-state index is -5.17. The molecule has 0 radical (unpaired) electrons. The SMILES string of the molecule is CCO[C@@H]1C[C@H]2C(=O)NC3(CC(C)(C)C3)C(=O)N(C)[C@@H](C3CCCC3)C(O)N(C)[C@H](C(=O)N3CCCC3)CC(=O)N(C)[C@H]3CCC/C=C/C4CCC(CC4)C[C@@H](C(=O)N(C)CC(=O)N[C@@H](CCC4CC(F)C(C(F)(F)F)C(F)C4)C(=O)N2C1)N1CC/C=C\C[C@@H](C1=O)N(C)C(=O)CN(C)C(=O)[C@H]([C@@H](C)CC)NC3=O. The fourth-order valence-corrected chi connectivity index (χ4v) is 19.2. The molecule has 25 nitrogen and oxygen atoms in total. The van der Waals surface area contributed by atoms with Crippen LogP contribution in [0.25, 0.3) is 0 Å². The molecule has 4 saturated carbocycles. The Morgan fingerprint density at radius 2 is 1.29 bits per heavy atom. The molecule has 612 valence electrons. The number of likely N-dealkylation sites (N-methyl/N-ethyl adjacent to an activating group) is 6. The number of rotatable bonds is 9. The number of carbonyl (C=O) groups is 11. The van der Waals surface area contributed by atoms with Gasteiger partial charge in [-0.1, -0.05) is 71.3 Å². The molecular weight excluding hydrogens is 1420 g/mol. The van der Waals surface area contributed by atoms with E-state index in [1.54, 1.807) is 24.8 Å². The van der Waals surface area contributed by atoms with Crippen molar-refractivity contribution in [2.75, 3.05) is 88.2 Å². The zero-order valence-corrected chi connectivity index (χ0v) is 66.1. The Bertz CT molecular complexity index is 3290. The monoisotopic (exact) mass is 1540 g/mol. The van der Waals surface area contributed by atoms with Crippen molar-refractivity contribution in [1.82, 2.24) is 60.0 Å². The second-order valence-corrected chi connectivity index (χ2v) is 34.0. The smallest absolute Gasteiger partial charge is 0.377 e. The number of hydrogen-bond donors (Lipinski definition) is 4. The lowest BCUT2D eigenvalue weighted by atomic mass is 9.58. The summed E-state index contributed by atoms with van der Waals surface area (Å²) in [5, 5.41) is 22.0. The van der Waals surface area contributed by atoms with Crippen molar-refractivity contribution in [3.8, 4) is 0 Å². The van der Waals surface area contributed by atoms with E-state index < -0.39 is 205 Å². The second-order valence-electron chi connectivity index (χ2n) is 34.0. The van der Waals surface area contributed by atoms with Crippen molar-refractivity contribution >= 4 is 65.0 Å². The van der Waals surface area contributed by atoms with Crippen LogP contribution >= 0.6 is 0 Å². The number of hydrogen-bond acceptors (Lipinski definition) is 14. The Hall–Kier alpha value is -6.82. The highest BCUT2D eigenvalue weighted by Gasteiger charge is 2.60. The number of fused-ring (bicyclic) bond motifs is 22. The lowest BCUT2D eigenvalue weighted by Crippen LogP contribution is -2.72. The number of amides is 11. The molecule has 7 aliphatic heterocycles. The molecule has 30 heteroatoms. The maximum absolute atomic E-state index is 16.0. The molecule has 6 fully saturated rings. The van der Waals surface area contributed by atoms with Gasteiger partial charge in [-0.25, -0.2) is 8.78 Å². The van der Waals surface area contributed by atoms with E-state index in [1.165, 1.54) is 76.6 Å². The molecule has 4 aliphatic carbocycles. The summed E-state index contributed by atoms with van der Waals surface area (Å²) in [5.74, 6) is -12.1. The summed E-state index contributed by atoms with van der Waals surface area (Å²) in [6.07, 6.45) is 1.06. The average Bonchev–Trinajstić information content (AvgIpc) is 1.20. The van der Waals surface area contributed by atoms with Crippen LogP contribution in [0.5, 0.6) is 0 Å². The molecule has 0 aromatic rings. The molecule has 11 aliphatic rings. The normalized spacial score (nSPS) is 34.7. The Morgan fingerprint density at radius 3 is 1.92 bits per heavy atom. The number of allylic oxidation sites excluding steroid dienone is 2. The van der Waals surface area contributed by atoms with Crippen LogP contribution in [0, 0.1) is 40.9 Å². The minimum Gasteiger partial charge on any atom is -0.377 e. The van der Waals surface area contributed by atoms with Gasteiger partial charge in [0.25, 0.3) is 0 Å². The van der Waals surface area contributed by atoms with Crippen LogP contribution < -0.4 is 16.0 Å². The summed E-state index contributed by atoms with van der Waals surface area (Å²) < 4.78 is 79.4. The number of halogens is 5. The van der Waals surface area contributed by atoms with Crippen molar-refractivity contribution < 1.29 is 84.5 Å². The number of nitrogens with zero attached hydrogens (tertiary/aromatic N) is 9. The third-order valence-corrected chi connectivity index (χ3v) is 25.6. The predicted molar refractivity (Wildman–Crippen MR) is 396 cm³/mol. The summed E-state index contributed by atoms with van der Waals surface area (Å²) in [5.41, 5.74) is -2.21. The molecule has 1 spiro atoms. The molecule has 3 unspecified atom stereocenters. The summed E-state index contributed by atoms with van der Waals surface area (Å²) in [7, 11) is 8.78. The van der Waals surface area contributed by atoms with Gasteiger partial charge in [0.15, 0.2) is 0 Å². The van der Waals surface area contributed by atoms with E-state index >= 15 is 47.1 Å². The molecule has 13 atom stereocenters. The molecule has 11 amide bonds. The molecule has 0 aromatic carbocycles. The second kappa shape index (κ2) is 37.2. The Kier molecular flexibility index (Phi) is 29.4. The van der Waals surface area contributed by atoms with Gasteiger partial charge in [-0.3, -0.25) is 57.6 Å². The number of nitrogens with one attached hydrogen (secondary N) is 3. The van der Waals surface area contributed by atoms with Gasteiger partial charge in [0, 0.05) is 74.4 Å². The van der Waals surface area contributed by atoms with Crippen LogP contribution in [0.15, 0.2) is 24.3 Å². The summed E-state index contributed by atoms with van der Waals surface area (Å²) >= 11 is 0. The highest BCUT2D eigenvalue weighted by molar-refractivity contribution is 5.99. The topological polar surface area (TPSA) is 282 Å². The van der Waals surface area contributed by atoms with Gasteiger partial charge in [0.05, 0.1) is 37.7 Å².